The highest BCUT2D eigenvalue weighted by atomic mass is 16.2. The molecular formula is C32H62N2O. The molecule has 3 heteroatoms. The predicted octanol–water partition coefficient (Wildman–Crippen LogP) is 8.85. The summed E-state index contributed by atoms with van der Waals surface area (Å²) in [7, 11) is 0. The molecule has 0 bridgehead atoms. The first-order valence-corrected chi connectivity index (χ1v) is 16.1. The molecule has 0 aromatic heterocycles. The molecule has 2 aliphatic heterocycles. The molecule has 3 nitrogen and oxygen atoms in total. The third-order valence-corrected chi connectivity index (χ3v) is 9.13. The number of amides is 1. The molecule has 2 fully saturated rings. The van der Waals surface area contributed by atoms with Crippen molar-refractivity contribution >= 4 is 5.91 Å². The summed E-state index contributed by atoms with van der Waals surface area (Å²) in [6, 6.07) is 0. The van der Waals surface area contributed by atoms with Gasteiger partial charge in [0.1, 0.15) is 0 Å². The molecule has 1 amide bonds. The van der Waals surface area contributed by atoms with Crippen molar-refractivity contribution in [3.63, 3.8) is 0 Å². The molecule has 0 aromatic rings. The molecule has 0 atom stereocenters. The predicted molar refractivity (Wildman–Crippen MR) is 153 cm³/mol. The summed E-state index contributed by atoms with van der Waals surface area (Å²) < 4.78 is 0. The van der Waals surface area contributed by atoms with Crippen molar-refractivity contribution in [2.24, 2.45) is 17.3 Å². The van der Waals surface area contributed by atoms with Crippen LogP contribution in [0.3, 0.4) is 0 Å². The van der Waals surface area contributed by atoms with Crippen LogP contribution in [-0.2, 0) is 4.79 Å². The second-order valence-corrected chi connectivity index (χ2v) is 12.5. The lowest BCUT2D eigenvalue weighted by molar-refractivity contribution is -0.148. The van der Waals surface area contributed by atoms with Gasteiger partial charge in [-0.05, 0) is 63.5 Å². The van der Waals surface area contributed by atoms with Crippen LogP contribution in [0.25, 0.3) is 0 Å². The minimum atomic E-state index is 0.451. The number of unbranched alkanes of at least 4 members (excludes halogenated alkanes) is 8. The Kier molecular flexibility index (Phi) is 15.6. The van der Waals surface area contributed by atoms with Crippen LogP contribution in [0.5, 0.6) is 0 Å². The third kappa shape index (κ3) is 11.6. The van der Waals surface area contributed by atoms with E-state index >= 15 is 0 Å². The highest BCUT2D eigenvalue weighted by Crippen LogP contribution is 2.41. The number of nitrogens with zero attached hydrogens (tertiary/aromatic N) is 2. The lowest BCUT2D eigenvalue weighted by atomic mass is 9.71. The summed E-state index contributed by atoms with van der Waals surface area (Å²) in [5.74, 6) is 1.98. The van der Waals surface area contributed by atoms with Crippen LogP contribution in [0.15, 0.2) is 0 Å². The Labute approximate surface area is 220 Å². The lowest BCUT2D eigenvalue weighted by Gasteiger charge is -2.54. The molecule has 0 radical (unpaired) electrons. The van der Waals surface area contributed by atoms with Crippen molar-refractivity contribution in [3.8, 4) is 0 Å². The molecule has 2 rings (SSSR count). The maximum atomic E-state index is 13.2. The lowest BCUT2D eigenvalue weighted by Crippen LogP contribution is -2.62. The summed E-state index contributed by atoms with van der Waals surface area (Å²) in [5.41, 5.74) is 0.451. The van der Waals surface area contributed by atoms with E-state index in [1.54, 1.807) is 0 Å². The molecule has 0 N–H and O–H groups in total. The summed E-state index contributed by atoms with van der Waals surface area (Å²) in [4.78, 5) is 18.2. The molecule has 35 heavy (non-hydrogen) atoms. The second kappa shape index (κ2) is 17.8. The largest absolute Gasteiger partial charge is 0.341 e. The molecule has 206 valence electrons. The van der Waals surface area contributed by atoms with Crippen LogP contribution in [0.4, 0.5) is 0 Å². The Morgan fingerprint density at radius 2 is 1.17 bits per heavy atom. The van der Waals surface area contributed by atoms with Crippen molar-refractivity contribution < 1.29 is 4.79 Å². The van der Waals surface area contributed by atoms with Crippen molar-refractivity contribution in [2.75, 3.05) is 32.7 Å². The Bertz CT molecular complexity index is 512. The van der Waals surface area contributed by atoms with Gasteiger partial charge in [0.15, 0.2) is 0 Å². The fourth-order valence-electron chi connectivity index (χ4n) is 6.77. The van der Waals surface area contributed by atoms with E-state index in [0.29, 0.717) is 17.2 Å². The van der Waals surface area contributed by atoms with Crippen molar-refractivity contribution in [1.82, 2.24) is 9.80 Å². The van der Waals surface area contributed by atoms with E-state index in [1.807, 2.05) is 0 Å². The van der Waals surface area contributed by atoms with E-state index < -0.39 is 0 Å². The van der Waals surface area contributed by atoms with E-state index in [0.717, 1.165) is 25.4 Å². The smallest absolute Gasteiger partial charge is 0.222 e. The average molecular weight is 491 g/mol. The van der Waals surface area contributed by atoms with Gasteiger partial charge >= 0.3 is 0 Å². The van der Waals surface area contributed by atoms with Crippen LogP contribution < -0.4 is 0 Å². The van der Waals surface area contributed by atoms with Gasteiger partial charge in [-0.3, -0.25) is 4.79 Å². The topological polar surface area (TPSA) is 23.6 Å². The Morgan fingerprint density at radius 1 is 0.657 bits per heavy atom. The molecular weight excluding hydrogens is 428 g/mol. The van der Waals surface area contributed by atoms with Gasteiger partial charge in [-0.25, -0.2) is 0 Å². The summed E-state index contributed by atoms with van der Waals surface area (Å²) in [6.45, 7) is 15.1. The van der Waals surface area contributed by atoms with E-state index in [2.05, 4.69) is 37.5 Å². The van der Waals surface area contributed by atoms with Gasteiger partial charge in [0.25, 0.3) is 0 Å². The number of carbonyl (C=O) groups is 1. The molecule has 0 unspecified atom stereocenters. The molecule has 1 spiro atoms. The quantitative estimate of drug-likeness (QED) is 0.159. The van der Waals surface area contributed by atoms with Crippen LogP contribution in [0, 0.1) is 17.3 Å². The molecule has 0 saturated carbocycles. The summed E-state index contributed by atoms with van der Waals surface area (Å²) in [5, 5.41) is 0. The van der Waals surface area contributed by atoms with E-state index in [-0.39, 0.29) is 0 Å². The fourth-order valence-corrected chi connectivity index (χ4v) is 6.77. The monoisotopic (exact) mass is 490 g/mol. The number of hydrogen-bond acceptors (Lipinski definition) is 2. The average Bonchev–Trinajstić information content (AvgIpc) is 2.83. The highest BCUT2D eigenvalue weighted by molar-refractivity contribution is 5.77. The van der Waals surface area contributed by atoms with Crippen molar-refractivity contribution in [2.45, 2.75) is 150 Å². The first-order chi connectivity index (χ1) is 17.1. The zero-order valence-corrected chi connectivity index (χ0v) is 24.4. The van der Waals surface area contributed by atoms with E-state index in [9.17, 15) is 4.79 Å². The van der Waals surface area contributed by atoms with Crippen molar-refractivity contribution in [3.05, 3.63) is 0 Å². The number of rotatable bonds is 20. The molecule has 2 saturated heterocycles. The van der Waals surface area contributed by atoms with Gasteiger partial charge in [-0.15, -0.1) is 0 Å². The van der Waals surface area contributed by atoms with Crippen molar-refractivity contribution in [1.29, 1.82) is 0 Å². The van der Waals surface area contributed by atoms with E-state index in [1.165, 1.54) is 135 Å². The third-order valence-electron chi connectivity index (χ3n) is 9.13. The Morgan fingerprint density at radius 3 is 1.66 bits per heavy atom. The molecule has 2 aliphatic rings. The maximum absolute atomic E-state index is 13.2. The van der Waals surface area contributed by atoms with Crippen LogP contribution in [0.1, 0.15) is 150 Å². The fraction of sp³-hybridized carbons (Fsp3) is 0.969. The van der Waals surface area contributed by atoms with E-state index in [4.69, 9.17) is 0 Å². The number of hydrogen-bond donors (Lipinski definition) is 0. The zero-order chi connectivity index (χ0) is 25.4. The standard InChI is InChI=1S/C32H62N2O/c1-5-9-11-13-15-19-29(20-16-14-12-10-6-2)25-31(35)34-27-32(28-34)21-23-33(24-22-32)26-30(17-7-3)18-8-4/h29-30H,5-28H2,1-4H3. The molecule has 0 aromatic carbocycles. The first kappa shape index (κ1) is 30.7. The molecule has 2 heterocycles. The second-order valence-electron chi connectivity index (χ2n) is 12.5. The summed E-state index contributed by atoms with van der Waals surface area (Å²) in [6.07, 6.45) is 24.8. The zero-order valence-electron chi connectivity index (χ0n) is 24.4. The Hall–Kier alpha value is -0.570. The van der Waals surface area contributed by atoms with Gasteiger partial charge in [0.2, 0.25) is 5.91 Å². The van der Waals surface area contributed by atoms with Gasteiger partial charge in [-0.1, -0.05) is 105 Å². The number of likely N-dealkylation sites (tertiary alicyclic amines) is 2. The minimum absolute atomic E-state index is 0.451. The maximum Gasteiger partial charge on any atom is 0.222 e. The SMILES string of the molecule is CCCCCCCC(CCCCCCC)CC(=O)N1CC2(CCN(CC(CCC)CCC)CC2)C1. The van der Waals surface area contributed by atoms with Gasteiger partial charge in [0, 0.05) is 31.5 Å². The molecule has 0 aliphatic carbocycles. The summed E-state index contributed by atoms with van der Waals surface area (Å²) >= 11 is 0. The first-order valence-electron chi connectivity index (χ1n) is 16.1. The van der Waals surface area contributed by atoms with Gasteiger partial charge in [0.05, 0.1) is 0 Å². The Balaban J connectivity index is 1.72. The van der Waals surface area contributed by atoms with Crippen LogP contribution in [0.2, 0.25) is 0 Å². The van der Waals surface area contributed by atoms with Gasteiger partial charge < -0.3 is 9.80 Å². The normalized spacial score (nSPS) is 18.1. The highest BCUT2D eigenvalue weighted by Gasteiger charge is 2.46. The minimum Gasteiger partial charge on any atom is -0.341 e. The number of piperidine rings is 1. The van der Waals surface area contributed by atoms with Crippen LogP contribution >= 0.6 is 0 Å². The van der Waals surface area contributed by atoms with Crippen LogP contribution in [-0.4, -0.2) is 48.4 Å². The van der Waals surface area contributed by atoms with Gasteiger partial charge in [-0.2, -0.15) is 0 Å². The number of carbonyl (C=O) groups excluding carboxylic acids is 1.